The minimum atomic E-state index is -0.266. The molecule has 146 valence electrons. The molecule has 28 heavy (non-hydrogen) atoms. The van der Waals surface area contributed by atoms with E-state index in [1.807, 2.05) is 13.8 Å². The number of anilines is 1. The number of aromatic nitrogens is 3. The van der Waals surface area contributed by atoms with Crippen LogP contribution in [0.3, 0.4) is 0 Å². The second-order valence-electron chi connectivity index (χ2n) is 5.96. The Kier molecular flexibility index (Phi) is 6.21. The predicted octanol–water partition coefficient (Wildman–Crippen LogP) is 2.62. The molecule has 3 aromatic rings. The molecule has 0 bridgehead atoms. The van der Waals surface area contributed by atoms with E-state index in [9.17, 15) is 9.59 Å². The maximum atomic E-state index is 12.4. The minimum absolute atomic E-state index is 0.0874. The second kappa shape index (κ2) is 8.98. The lowest BCUT2D eigenvalue weighted by molar-refractivity contribution is -0.116. The molecule has 0 radical (unpaired) electrons. The maximum absolute atomic E-state index is 12.4. The zero-order valence-corrected chi connectivity index (χ0v) is 15.8. The van der Waals surface area contributed by atoms with Gasteiger partial charge in [-0.3, -0.25) is 9.59 Å². The van der Waals surface area contributed by atoms with E-state index in [2.05, 4.69) is 15.6 Å². The van der Waals surface area contributed by atoms with Crippen LogP contribution in [0.15, 0.2) is 47.3 Å². The lowest BCUT2D eigenvalue weighted by Gasteiger charge is -2.13. The quantitative estimate of drug-likeness (QED) is 0.643. The molecular weight excluding hydrogens is 360 g/mol. The third-order valence-electron chi connectivity index (χ3n) is 4.01. The lowest BCUT2D eigenvalue weighted by Crippen LogP contribution is -2.26. The Morgan fingerprint density at radius 2 is 1.82 bits per heavy atom. The summed E-state index contributed by atoms with van der Waals surface area (Å²) < 4.78 is 12.3. The van der Waals surface area contributed by atoms with Gasteiger partial charge < -0.3 is 14.8 Å². The molecule has 0 fully saturated rings. The SMILES string of the molecule is CCOc1ccc(NC(=O)CCn2nnc3ccccc3c2=O)cc1OCC. The molecule has 0 atom stereocenters. The minimum Gasteiger partial charge on any atom is -0.490 e. The van der Waals surface area contributed by atoms with Crippen LogP contribution in [-0.2, 0) is 11.3 Å². The Morgan fingerprint density at radius 1 is 1.07 bits per heavy atom. The summed E-state index contributed by atoms with van der Waals surface area (Å²) in [5, 5.41) is 11.2. The first kappa shape index (κ1) is 19.3. The van der Waals surface area contributed by atoms with Crippen LogP contribution in [-0.4, -0.2) is 34.1 Å². The molecule has 8 nitrogen and oxygen atoms in total. The highest BCUT2D eigenvalue weighted by atomic mass is 16.5. The number of aryl methyl sites for hydroxylation is 1. The van der Waals surface area contributed by atoms with Gasteiger partial charge in [-0.1, -0.05) is 17.3 Å². The van der Waals surface area contributed by atoms with Crippen molar-refractivity contribution in [2.75, 3.05) is 18.5 Å². The van der Waals surface area contributed by atoms with Crippen LogP contribution in [0.2, 0.25) is 0 Å². The number of ether oxygens (including phenoxy) is 2. The number of benzene rings is 2. The van der Waals surface area contributed by atoms with Crippen LogP contribution < -0.4 is 20.3 Å². The van der Waals surface area contributed by atoms with E-state index in [-0.39, 0.29) is 24.4 Å². The summed E-state index contributed by atoms with van der Waals surface area (Å²) in [7, 11) is 0. The van der Waals surface area contributed by atoms with Crippen molar-refractivity contribution in [2.45, 2.75) is 26.8 Å². The maximum Gasteiger partial charge on any atom is 0.277 e. The van der Waals surface area contributed by atoms with E-state index >= 15 is 0 Å². The third-order valence-corrected chi connectivity index (χ3v) is 4.01. The van der Waals surface area contributed by atoms with Gasteiger partial charge in [0.15, 0.2) is 11.5 Å². The van der Waals surface area contributed by atoms with E-state index in [4.69, 9.17) is 9.47 Å². The van der Waals surface area contributed by atoms with Crippen molar-refractivity contribution < 1.29 is 14.3 Å². The fraction of sp³-hybridized carbons (Fsp3) is 0.300. The van der Waals surface area contributed by atoms with Crippen molar-refractivity contribution in [3.05, 3.63) is 52.8 Å². The zero-order chi connectivity index (χ0) is 19.9. The van der Waals surface area contributed by atoms with Gasteiger partial charge in [-0.15, -0.1) is 5.10 Å². The molecule has 0 saturated heterocycles. The molecule has 1 aromatic heterocycles. The summed E-state index contributed by atoms with van der Waals surface area (Å²) in [4.78, 5) is 24.7. The third kappa shape index (κ3) is 4.46. The summed E-state index contributed by atoms with van der Waals surface area (Å²) in [5.74, 6) is 0.951. The van der Waals surface area contributed by atoms with E-state index < -0.39 is 0 Å². The van der Waals surface area contributed by atoms with Gasteiger partial charge in [-0.25, -0.2) is 4.68 Å². The van der Waals surface area contributed by atoms with Crippen molar-refractivity contribution in [1.82, 2.24) is 15.0 Å². The van der Waals surface area contributed by atoms with Crippen LogP contribution in [0.5, 0.6) is 11.5 Å². The molecule has 1 amide bonds. The summed E-state index contributed by atoms with van der Waals surface area (Å²) in [5.41, 5.74) is 0.859. The number of carbonyl (C=O) groups excluding carboxylic acids is 1. The van der Waals surface area contributed by atoms with Crippen molar-refractivity contribution in [3.63, 3.8) is 0 Å². The van der Waals surface area contributed by atoms with Crippen molar-refractivity contribution in [2.24, 2.45) is 0 Å². The van der Waals surface area contributed by atoms with Gasteiger partial charge in [-0.2, -0.15) is 0 Å². The largest absolute Gasteiger partial charge is 0.490 e. The van der Waals surface area contributed by atoms with E-state index in [1.54, 1.807) is 42.5 Å². The number of hydrogen-bond donors (Lipinski definition) is 1. The van der Waals surface area contributed by atoms with Gasteiger partial charge in [0.05, 0.1) is 25.1 Å². The van der Waals surface area contributed by atoms with Crippen LogP contribution in [0, 0.1) is 0 Å². The highest BCUT2D eigenvalue weighted by Crippen LogP contribution is 2.30. The standard InChI is InChI=1S/C20H22N4O4/c1-3-27-17-10-9-14(13-18(17)28-4-2)21-19(25)11-12-24-20(26)15-7-5-6-8-16(15)22-23-24/h5-10,13H,3-4,11-12H2,1-2H3,(H,21,25). The highest BCUT2D eigenvalue weighted by Gasteiger charge is 2.10. The Bertz CT molecular complexity index is 1030. The van der Waals surface area contributed by atoms with Gasteiger partial charge in [0.2, 0.25) is 5.91 Å². The smallest absolute Gasteiger partial charge is 0.277 e. The molecule has 3 rings (SSSR count). The number of nitrogens with one attached hydrogen (secondary N) is 1. The summed E-state index contributed by atoms with van der Waals surface area (Å²) in [6.07, 6.45) is 0.0874. The van der Waals surface area contributed by atoms with Crippen LogP contribution >= 0.6 is 0 Å². The molecule has 8 heteroatoms. The van der Waals surface area contributed by atoms with Gasteiger partial charge in [-0.05, 0) is 38.1 Å². The van der Waals surface area contributed by atoms with Crippen molar-refractivity contribution in [3.8, 4) is 11.5 Å². The molecule has 0 aliphatic carbocycles. The van der Waals surface area contributed by atoms with E-state index in [1.165, 1.54) is 4.68 Å². The Labute approximate surface area is 162 Å². The Balaban J connectivity index is 1.67. The number of fused-ring (bicyclic) bond motifs is 1. The average Bonchev–Trinajstić information content (AvgIpc) is 2.70. The van der Waals surface area contributed by atoms with E-state index in [0.29, 0.717) is 41.3 Å². The number of amides is 1. The first-order valence-electron chi connectivity index (χ1n) is 9.14. The fourth-order valence-corrected chi connectivity index (χ4v) is 2.73. The second-order valence-corrected chi connectivity index (χ2v) is 5.96. The molecule has 1 heterocycles. The summed E-state index contributed by atoms with van der Waals surface area (Å²) in [6.45, 7) is 4.92. The molecule has 0 spiro atoms. The molecule has 1 N–H and O–H groups in total. The number of hydrogen-bond acceptors (Lipinski definition) is 6. The first-order valence-corrected chi connectivity index (χ1v) is 9.14. The van der Waals surface area contributed by atoms with Gasteiger partial charge in [0, 0.05) is 18.2 Å². The van der Waals surface area contributed by atoms with Crippen molar-refractivity contribution >= 4 is 22.5 Å². The average molecular weight is 382 g/mol. The molecule has 0 saturated carbocycles. The topological polar surface area (TPSA) is 95.3 Å². The van der Waals surface area contributed by atoms with Crippen LogP contribution in [0.4, 0.5) is 5.69 Å². The normalized spacial score (nSPS) is 10.6. The number of rotatable bonds is 8. The highest BCUT2D eigenvalue weighted by molar-refractivity contribution is 5.91. The fourth-order valence-electron chi connectivity index (χ4n) is 2.73. The molecule has 0 aliphatic rings. The van der Waals surface area contributed by atoms with Gasteiger partial charge in [0.25, 0.3) is 5.56 Å². The van der Waals surface area contributed by atoms with Gasteiger partial charge >= 0.3 is 0 Å². The van der Waals surface area contributed by atoms with Crippen LogP contribution in [0.25, 0.3) is 10.9 Å². The molecule has 2 aromatic carbocycles. The van der Waals surface area contributed by atoms with Crippen LogP contribution in [0.1, 0.15) is 20.3 Å². The van der Waals surface area contributed by atoms with Crippen molar-refractivity contribution in [1.29, 1.82) is 0 Å². The Hall–Kier alpha value is -3.42. The summed E-state index contributed by atoms with van der Waals surface area (Å²) >= 11 is 0. The van der Waals surface area contributed by atoms with E-state index in [0.717, 1.165) is 0 Å². The monoisotopic (exact) mass is 382 g/mol. The number of nitrogens with zero attached hydrogens (tertiary/aromatic N) is 3. The molecule has 0 aliphatic heterocycles. The summed E-state index contributed by atoms with van der Waals surface area (Å²) in [6, 6.07) is 12.2. The number of carbonyl (C=O) groups is 1. The lowest BCUT2D eigenvalue weighted by atomic mass is 10.2. The Morgan fingerprint density at radius 3 is 2.61 bits per heavy atom. The predicted molar refractivity (Wildman–Crippen MR) is 106 cm³/mol. The van der Waals surface area contributed by atoms with Gasteiger partial charge in [0.1, 0.15) is 5.52 Å². The zero-order valence-electron chi connectivity index (χ0n) is 15.8. The molecule has 0 unspecified atom stereocenters. The first-order chi connectivity index (χ1) is 13.6. The molecular formula is C20H22N4O4.